The maximum atomic E-state index is 8.80. The summed E-state index contributed by atoms with van der Waals surface area (Å²) >= 11 is 1.34. The SMILES string of the molecule is OCc1nnc(Nc2ccccc2)s1. The van der Waals surface area contributed by atoms with Gasteiger partial charge in [0.15, 0.2) is 0 Å². The molecular formula is C9H9N3OS. The minimum Gasteiger partial charge on any atom is -0.389 e. The van der Waals surface area contributed by atoms with Gasteiger partial charge in [-0.15, -0.1) is 10.2 Å². The average molecular weight is 207 g/mol. The lowest BCUT2D eigenvalue weighted by Gasteiger charge is -1.99. The van der Waals surface area contributed by atoms with Gasteiger partial charge in [0.1, 0.15) is 5.01 Å². The van der Waals surface area contributed by atoms with Crippen LogP contribution < -0.4 is 5.32 Å². The summed E-state index contributed by atoms with van der Waals surface area (Å²) in [5, 5.41) is 20.9. The normalized spacial score (nSPS) is 10.1. The largest absolute Gasteiger partial charge is 0.389 e. The Morgan fingerprint density at radius 2 is 2.00 bits per heavy atom. The van der Waals surface area contributed by atoms with E-state index in [0.717, 1.165) is 5.69 Å². The lowest BCUT2D eigenvalue weighted by atomic mass is 10.3. The predicted molar refractivity (Wildman–Crippen MR) is 55.6 cm³/mol. The molecule has 0 aliphatic heterocycles. The third kappa shape index (κ3) is 2.07. The van der Waals surface area contributed by atoms with Gasteiger partial charge in [-0.05, 0) is 12.1 Å². The third-order valence-corrected chi connectivity index (χ3v) is 2.45. The second-order valence-corrected chi connectivity index (χ2v) is 3.71. The fourth-order valence-corrected chi connectivity index (χ4v) is 1.63. The molecule has 2 aromatic rings. The summed E-state index contributed by atoms with van der Waals surface area (Å²) in [4.78, 5) is 0. The van der Waals surface area contributed by atoms with Gasteiger partial charge < -0.3 is 10.4 Å². The standard InChI is InChI=1S/C9H9N3OS/c13-6-8-11-12-9(14-8)10-7-4-2-1-3-5-7/h1-5,13H,6H2,(H,10,12). The van der Waals surface area contributed by atoms with Gasteiger partial charge in [-0.25, -0.2) is 0 Å². The number of aliphatic hydroxyl groups is 1. The van der Waals surface area contributed by atoms with Gasteiger partial charge in [-0.2, -0.15) is 0 Å². The molecule has 0 amide bonds. The van der Waals surface area contributed by atoms with Crippen molar-refractivity contribution >= 4 is 22.2 Å². The smallest absolute Gasteiger partial charge is 0.210 e. The van der Waals surface area contributed by atoms with E-state index in [4.69, 9.17) is 5.11 Å². The Balaban J connectivity index is 2.11. The number of rotatable bonds is 3. The molecule has 0 saturated carbocycles. The number of hydrogen-bond donors (Lipinski definition) is 2. The maximum absolute atomic E-state index is 8.80. The van der Waals surface area contributed by atoms with Crippen LogP contribution in [0.4, 0.5) is 10.8 Å². The van der Waals surface area contributed by atoms with E-state index in [0.29, 0.717) is 10.1 Å². The molecule has 4 nitrogen and oxygen atoms in total. The van der Waals surface area contributed by atoms with Crippen LogP contribution in [0.15, 0.2) is 30.3 Å². The number of nitrogens with one attached hydrogen (secondary N) is 1. The zero-order chi connectivity index (χ0) is 9.80. The van der Waals surface area contributed by atoms with E-state index in [1.54, 1.807) is 0 Å². The summed E-state index contributed by atoms with van der Waals surface area (Å²) in [6, 6.07) is 9.72. The van der Waals surface area contributed by atoms with Gasteiger partial charge in [0.25, 0.3) is 0 Å². The van der Waals surface area contributed by atoms with Crippen LogP contribution in [0.5, 0.6) is 0 Å². The molecular weight excluding hydrogens is 198 g/mol. The van der Waals surface area contributed by atoms with Gasteiger partial charge in [0, 0.05) is 5.69 Å². The van der Waals surface area contributed by atoms with Crippen molar-refractivity contribution in [3.05, 3.63) is 35.3 Å². The summed E-state index contributed by atoms with van der Waals surface area (Å²) in [5.74, 6) is 0. The van der Waals surface area contributed by atoms with E-state index in [1.807, 2.05) is 30.3 Å². The number of aromatic nitrogens is 2. The molecule has 1 heterocycles. The second-order valence-electron chi connectivity index (χ2n) is 2.65. The highest BCUT2D eigenvalue weighted by atomic mass is 32.1. The molecule has 2 rings (SSSR count). The molecule has 72 valence electrons. The fraction of sp³-hybridized carbons (Fsp3) is 0.111. The molecule has 0 aliphatic rings. The van der Waals surface area contributed by atoms with E-state index < -0.39 is 0 Å². The van der Waals surface area contributed by atoms with Crippen molar-refractivity contribution in [1.82, 2.24) is 10.2 Å². The molecule has 0 saturated heterocycles. The maximum Gasteiger partial charge on any atom is 0.210 e. The van der Waals surface area contributed by atoms with Crippen molar-refractivity contribution in [3.8, 4) is 0 Å². The first-order valence-corrected chi connectivity index (χ1v) is 4.95. The molecule has 5 heteroatoms. The molecule has 0 atom stereocenters. The molecule has 0 aliphatic carbocycles. The van der Waals surface area contributed by atoms with E-state index in [2.05, 4.69) is 15.5 Å². The lowest BCUT2D eigenvalue weighted by molar-refractivity contribution is 0.280. The minimum absolute atomic E-state index is 0.0614. The highest BCUT2D eigenvalue weighted by Gasteiger charge is 2.01. The van der Waals surface area contributed by atoms with E-state index in [9.17, 15) is 0 Å². The topological polar surface area (TPSA) is 58.0 Å². The van der Waals surface area contributed by atoms with Crippen molar-refractivity contribution in [3.63, 3.8) is 0 Å². The second kappa shape index (κ2) is 4.17. The Morgan fingerprint density at radius 1 is 1.21 bits per heavy atom. The van der Waals surface area contributed by atoms with Crippen LogP contribution in [0.25, 0.3) is 0 Å². The third-order valence-electron chi connectivity index (χ3n) is 1.63. The molecule has 2 N–H and O–H groups in total. The minimum atomic E-state index is -0.0614. The number of nitrogens with zero attached hydrogens (tertiary/aromatic N) is 2. The summed E-state index contributed by atoms with van der Waals surface area (Å²) in [5.41, 5.74) is 0.966. The van der Waals surface area contributed by atoms with Crippen LogP contribution >= 0.6 is 11.3 Å². The van der Waals surface area contributed by atoms with Crippen LogP contribution in [0.2, 0.25) is 0 Å². The Hall–Kier alpha value is -1.46. The number of aliphatic hydroxyl groups excluding tert-OH is 1. The average Bonchev–Trinajstić information content (AvgIpc) is 2.67. The monoisotopic (exact) mass is 207 g/mol. The predicted octanol–water partition coefficient (Wildman–Crippen LogP) is 1.77. The Labute approximate surface area is 85.2 Å². The lowest BCUT2D eigenvalue weighted by Crippen LogP contribution is -1.87. The first-order chi connectivity index (χ1) is 6.88. The molecule has 0 radical (unpaired) electrons. The van der Waals surface area contributed by atoms with Gasteiger partial charge in [-0.3, -0.25) is 0 Å². The van der Waals surface area contributed by atoms with Gasteiger partial charge >= 0.3 is 0 Å². The van der Waals surface area contributed by atoms with Crippen LogP contribution in [0, 0.1) is 0 Å². The van der Waals surface area contributed by atoms with Crippen LogP contribution in [0.1, 0.15) is 5.01 Å². The number of hydrogen-bond acceptors (Lipinski definition) is 5. The zero-order valence-electron chi connectivity index (χ0n) is 7.34. The van der Waals surface area contributed by atoms with Gasteiger partial charge in [-0.1, -0.05) is 29.5 Å². The molecule has 1 aromatic carbocycles. The van der Waals surface area contributed by atoms with Crippen LogP contribution in [-0.4, -0.2) is 15.3 Å². The summed E-state index contributed by atoms with van der Waals surface area (Å²) in [6.07, 6.45) is 0. The molecule has 0 fully saturated rings. The van der Waals surface area contributed by atoms with Crippen molar-refractivity contribution in [1.29, 1.82) is 0 Å². The van der Waals surface area contributed by atoms with E-state index in [-0.39, 0.29) is 6.61 Å². The van der Waals surface area contributed by atoms with Crippen molar-refractivity contribution in [2.45, 2.75) is 6.61 Å². The molecule has 0 unspecified atom stereocenters. The van der Waals surface area contributed by atoms with E-state index in [1.165, 1.54) is 11.3 Å². The molecule has 0 bridgehead atoms. The zero-order valence-corrected chi connectivity index (χ0v) is 8.16. The Kier molecular flexibility index (Phi) is 2.71. The summed E-state index contributed by atoms with van der Waals surface area (Å²) in [7, 11) is 0. The highest BCUT2D eigenvalue weighted by molar-refractivity contribution is 7.15. The van der Waals surface area contributed by atoms with Crippen molar-refractivity contribution in [2.24, 2.45) is 0 Å². The van der Waals surface area contributed by atoms with Crippen molar-refractivity contribution < 1.29 is 5.11 Å². The number of anilines is 2. The first kappa shape index (κ1) is 9.11. The highest BCUT2D eigenvalue weighted by Crippen LogP contribution is 2.19. The summed E-state index contributed by atoms with van der Waals surface area (Å²) < 4.78 is 0. The summed E-state index contributed by atoms with van der Waals surface area (Å²) in [6.45, 7) is -0.0614. The van der Waals surface area contributed by atoms with Gasteiger partial charge in [0.2, 0.25) is 5.13 Å². The molecule has 0 spiro atoms. The Bertz CT molecular complexity index is 401. The fourth-order valence-electron chi connectivity index (χ4n) is 1.01. The number of para-hydroxylation sites is 1. The van der Waals surface area contributed by atoms with Crippen LogP contribution in [0.3, 0.4) is 0 Å². The Morgan fingerprint density at radius 3 is 2.64 bits per heavy atom. The van der Waals surface area contributed by atoms with Crippen LogP contribution in [-0.2, 0) is 6.61 Å². The quantitative estimate of drug-likeness (QED) is 0.805. The molecule has 1 aromatic heterocycles. The first-order valence-electron chi connectivity index (χ1n) is 4.14. The van der Waals surface area contributed by atoms with Gasteiger partial charge in [0.05, 0.1) is 6.61 Å². The van der Waals surface area contributed by atoms with Crippen molar-refractivity contribution in [2.75, 3.05) is 5.32 Å². The van der Waals surface area contributed by atoms with E-state index >= 15 is 0 Å². The molecule has 14 heavy (non-hydrogen) atoms. The number of benzene rings is 1.